The van der Waals surface area contributed by atoms with Crippen molar-refractivity contribution in [3.05, 3.63) is 82.9 Å². The highest BCUT2D eigenvalue weighted by Crippen LogP contribution is 2.23. The number of pyridine rings is 2. The van der Waals surface area contributed by atoms with Gasteiger partial charge in [0.1, 0.15) is 17.2 Å². The highest BCUT2D eigenvalue weighted by molar-refractivity contribution is 5.73. The van der Waals surface area contributed by atoms with E-state index >= 15 is 0 Å². The normalized spacial score (nSPS) is 11.0. The van der Waals surface area contributed by atoms with Gasteiger partial charge in [0.25, 0.3) is 5.56 Å². The van der Waals surface area contributed by atoms with E-state index in [0.717, 1.165) is 16.9 Å². The second-order valence-corrected chi connectivity index (χ2v) is 6.65. The summed E-state index contributed by atoms with van der Waals surface area (Å²) in [6, 6.07) is 10.5. The zero-order valence-corrected chi connectivity index (χ0v) is 15.5. The fourth-order valence-corrected chi connectivity index (χ4v) is 3.03. The van der Waals surface area contributed by atoms with Crippen molar-refractivity contribution in [3.63, 3.8) is 0 Å². The van der Waals surface area contributed by atoms with Gasteiger partial charge in [0.05, 0.1) is 24.5 Å². The van der Waals surface area contributed by atoms with Gasteiger partial charge in [-0.3, -0.25) is 9.78 Å². The van der Waals surface area contributed by atoms with Gasteiger partial charge < -0.3 is 9.47 Å². The first-order valence-electron chi connectivity index (χ1n) is 8.74. The standard InChI is InChI=1S/C21H18FN5O/c1-26(2)20-6-5-15(10-25-20)14-3-4-16(17(22)9-14)13-27-19-7-8-23-11-18(19)24-12-21(27)28/h3-12H,13H2,1-2H3. The molecule has 0 N–H and O–H groups in total. The summed E-state index contributed by atoms with van der Waals surface area (Å²) in [5.41, 5.74) is 2.91. The van der Waals surface area contributed by atoms with Crippen LogP contribution in [0.25, 0.3) is 22.2 Å². The molecule has 0 radical (unpaired) electrons. The molecule has 7 heteroatoms. The molecule has 4 aromatic rings. The van der Waals surface area contributed by atoms with E-state index in [2.05, 4.69) is 15.0 Å². The van der Waals surface area contributed by atoms with Crippen LogP contribution >= 0.6 is 0 Å². The zero-order chi connectivity index (χ0) is 19.7. The molecule has 0 aliphatic heterocycles. The maximum atomic E-state index is 14.8. The summed E-state index contributed by atoms with van der Waals surface area (Å²) >= 11 is 0. The second kappa shape index (κ2) is 7.19. The summed E-state index contributed by atoms with van der Waals surface area (Å²) in [5.74, 6) is 0.458. The van der Waals surface area contributed by atoms with E-state index in [1.807, 2.05) is 37.2 Å². The molecule has 0 saturated carbocycles. The van der Waals surface area contributed by atoms with Gasteiger partial charge in [0, 0.05) is 37.6 Å². The molecule has 6 nitrogen and oxygen atoms in total. The van der Waals surface area contributed by atoms with E-state index in [9.17, 15) is 9.18 Å². The third kappa shape index (κ3) is 3.34. The van der Waals surface area contributed by atoms with E-state index in [1.165, 1.54) is 16.8 Å². The third-order valence-corrected chi connectivity index (χ3v) is 4.57. The molecule has 4 rings (SSSR count). The molecule has 0 aliphatic carbocycles. The Morgan fingerprint density at radius 1 is 1.00 bits per heavy atom. The molecule has 3 aromatic heterocycles. The average Bonchev–Trinajstić information content (AvgIpc) is 2.71. The predicted molar refractivity (Wildman–Crippen MR) is 107 cm³/mol. The summed E-state index contributed by atoms with van der Waals surface area (Å²) in [5, 5.41) is 0. The number of halogens is 1. The molecule has 28 heavy (non-hydrogen) atoms. The molecule has 140 valence electrons. The maximum absolute atomic E-state index is 14.8. The first-order chi connectivity index (χ1) is 13.5. The van der Waals surface area contributed by atoms with E-state index in [1.54, 1.807) is 30.7 Å². The molecule has 0 unspecified atom stereocenters. The SMILES string of the molecule is CN(C)c1ccc(-c2ccc(Cn3c(=O)cnc4cnccc43)c(F)c2)cn1. The molecule has 3 heterocycles. The van der Waals surface area contributed by atoms with Gasteiger partial charge in [0.15, 0.2) is 0 Å². The van der Waals surface area contributed by atoms with E-state index < -0.39 is 0 Å². The Hall–Kier alpha value is -3.61. The topological polar surface area (TPSA) is 63.9 Å². The minimum Gasteiger partial charge on any atom is -0.363 e. The molecule has 0 amide bonds. The summed E-state index contributed by atoms with van der Waals surface area (Å²) in [6.07, 6.45) is 6.12. The van der Waals surface area contributed by atoms with E-state index in [4.69, 9.17) is 0 Å². The van der Waals surface area contributed by atoms with Crippen LogP contribution in [0.2, 0.25) is 0 Å². The van der Waals surface area contributed by atoms with Gasteiger partial charge >= 0.3 is 0 Å². The number of nitrogens with zero attached hydrogens (tertiary/aromatic N) is 5. The molecule has 0 fully saturated rings. The first-order valence-corrected chi connectivity index (χ1v) is 8.74. The Balaban J connectivity index is 1.68. The number of rotatable bonds is 4. The number of anilines is 1. The fraction of sp³-hybridized carbons (Fsp3) is 0.143. The molecule has 0 atom stereocenters. The molecular weight excluding hydrogens is 357 g/mol. The Morgan fingerprint density at radius 3 is 2.54 bits per heavy atom. The van der Waals surface area contributed by atoms with Crippen LogP contribution in [0.1, 0.15) is 5.56 Å². The van der Waals surface area contributed by atoms with Crippen molar-refractivity contribution in [2.75, 3.05) is 19.0 Å². The van der Waals surface area contributed by atoms with Crippen LogP contribution in [0.3, 0.4) is 0 Å². The summed E-state index contributed by atoms with van der Waals surface area (Å²) < 4.78 is 16.3. The van der Waals surface area contributed by atoms with Gasteiger partial charge in [0.2, 0.25) is 0 Å². The lowest BCUT2D eigenvalue weighted by Crippen LogP contribution is -2.21. The predicted octanol–water partition coefficient (Wildman–Crippen LogP) is 3.11. The third-order valence-electron chi connectivity index (χ3n) is 4.57. The van der Waals surface area contributed by atoms with Crippen LogP contribution in [0.5, 0.6) is 0 Å². The summed E-state index contributed by atoms with van der Waals surface area (Å²) in [4.78, 5) is 26.6. The highest BCUT2D eigenvalue weighted by Gasteiger charge is 2.10. The number of hydrogen-bond donors (Lipinski definition) is 0. The summed E-state index contributed by atoms with van der Waals surface area (Å²) in [6.45, 7) is 0.117. The van der Waals surface area contributed by atoms with Crippen LogP contribution in [-0.4, -0.2) is 33.6 Å². The Morgan fingerprint density at radius 2 is 1.82 bits per heavy atom. The lowest BCUT2D eigenvalue weighted by Gasteiger charge is -2.12. The molecular formula is C21H18FN5O. The Kier molecular flexibility index (Phi) is 4.57. The minimum absolute atomic E-state index is 0.117. The van der Waals surface area contributed by atoms with Crippen molar-refractivity contribution in [3.8, 4) is 11.1 Å². The molecule has 0 saturated heterocycles. The van der Waals surface area contributed by atoms with Gasteiger partial charge in [-0.25, -0.2) is 14.4 Å². The quantitative estimate of drug-likeness (QED) is 0.548. The van der Waals surface area contributed by atoms with Gasteiger partial charge in [-0.15, -0.1) is 0 Å². The lowest BCUT2D eigenvalue weighted by molar-refractivity contribution is 0.599. The molecule has 1 aromatic carbocycles. The van der Waals surface area contributed by atoms with Gasteiger partial charge in [-0.2, -0.15) is 0 Å². The Labute approximate surface area is 160 Å². The van der Waals surface area contributed by atoms with Crippen LogP contribution < -0.4 is 10.5 Å². The minimum atomic E-state index is -0.375. The average molecular weight is 375 g/mol. The summed E-state index contributed by atoms with van der Waals surface area (Å²) in [7, 11) is 3.83. The monoisotopic (exact) mass is 375 g/mol. The van der Waals surface area contributed by atoms with Crippen LogP contribution in [0.15, 0.2) is 66.0 Å². The van der Waals surface area contributed by atoms with Crippen LogP contribution in [0, 0.1) is 5.82 Å². The maximum Gasteiger partial charge on any atom is 0.269 e. The van der Waals surface area contributed by atoms with Gasteiger partial charge in [-0.05, 0) is 29.8 Å². The molecule has 0 aliphatic rings. The second-order valence-electron chi connectivity index (χ2n) is 6.65. The lowest BCUT2D eigenvalue weighted by atomic mass is 10.0. The van der Waals surface area contributed by atoms with Crippen molar-refractivity contribution in [2.24, 2.45) is 0 Å². The largest absolute Gasteiger partial charge is 0.363 e. The van der Waals surface area contributed by atoms with Crippen molar-refractivity contribution in [1.29, 1.82) is 0 Å². The van der Waals surface area contributed by atoms with E-state index in [-0.39, 0.29) is 17.9 Å². The highest BCUT2D eigenvalue weighted by atomic mass is 19.1. The molecule has 0 spiro atoms. The van der Waals surface area contributed by atoms with Crippen molar-refractivity contribution in [1.82, 2.24) is 19.5 Å². The van der Waals surface area contributed by atoms with Crippen LogP contribution in [-0.2, 0) is 6.54 Å². The first kappa shape index (κ1) is 17.8. The number of fused-ring (bicyclic) bond motifs is 1. The van der Waals surface area contributed by atoms with Crippen molar-refractivity contribution < 1.29 is 4.39 Å². The fourth-order valence-electron chi connectivity index (χ4n) is 3.03. The van der Waals surface area contributed by atoms with Crippen molar-refractivity contribution in [2.45, 2.75) is 6.54 Å². The number of benzene rings is 1. The van der Waals surface area contributed by atoms with Crippen LogP contribution in [0.4, 0.5) is 10.2 Å². The Bertz CT molecular complexity index is 1200. The van der Waals surface area contributed by atoms with Gasteiger partial charge in [-0.1, -0.05) is 12.1 Å². The van der Waals surface area contributed by atoms with Crippen molar-refractivity contribution >= 4 is 16.9 Å². The zero-order valence-electron chi connectivity index (χ0n) is 15.5. The molecule has 0 bridgehead atoms. The number of aromatic nitrogens is 4. The number of hydrogen-bond acceptors (Lipinski definition) is 5. The van der Waals surface area contributed by atoms with E-state index in [0.29, 0.717) is 16.6 Å². The smallest absolute Gasteiger partial charge is 0.269 e.